The number of Topliss-reactive ketones (excluding diaryl/α,β-unsaturated/α-hetero) is 1. The highest BCUT2D eigenvalue weighted by Crippen LogP contribution is 2.84. The number of carbonyl (C=O) groups excluding carboxylic acids is 1. The predicted molar refractivity (Wildman–Crippen MR) is 102 cm³/mol. The Balaban J connectivity index is 1.58. The number of ether oxygens (including phenoxy) is 3. The van der Waals surface area contributed by atoms with Crippen LogP contribution in [0.3, 0.4) is 0 Å². The van der Waals surface area contributed by atoms with Gasteiger partial charge in [-0.2, -0.15) is 0 Å². The molecule has 0 radical (unpaired) electrons. The van der Waals surface area contributed by atoms with Crippen LogP contribution in [0, 0.1) is 11.3 Å². The molecular weight excluding hydrogens is 354 g/mol. The molecule has 5 nitrogen and oxygen atoms in total. The Morgan fingerprint density at radius 1 is 1.29 bits per heavy atom. The highest BCUT2D eigenvalue weighted by Gasteiger charge is 2.91. The molecule has 0 amide bonds. The maximum Gasteiger partial charge on any atom is 0.165 e. The van der Waals surface area contributed by atoms with Gasteiger partial charge >= 0.3 is 0 Å². The highest BCUT2D eigenvalue weighted by molar-refractivity contribution is 5.82. The van der Waals surface area contributed by atoms with Gasteiger partial charge in [0.1, 0.15) is 17.5 Å². The van der Waals surface area contributed by atoms with Gasteiger partial charge in [-0.1, -0.05) is 6.07 Å². The largest absolute Gasteiger partial charge is 0.493 e. The molecule has 1 saturated heterocycles. The SMILES string of the molecule is COc1ccc2c3c1OC1C4(OC)CCC5(CC4C(C)=O)C4N(C)[C@]4(C2)C[C@]315. The number of hydrogen-bond donors (Lipinski definition) is 0. The van der Waals surface area contributed by atoms with Crippen molar-refractivity contribution in [2.75, 3.05) is 21.3 Å². The number of benzene rings is 1. The lowest BCUT2D eigenvalue weighted by molar-refractivity contribution is -0.241. The number of piperidine rings is 1. The molecule has 4 saturated carbocycles. The molecule has 0 N–H and O–H groups in total. The van der Waals surface area contributed by atoms with E-state index in [0.29, 0.717) is 6.04 Å². The summed E-state index contributed by atoms with van der Waals surface area (Å²) in [6.45, 7) is 1.75. The first-order valence-corrected chi connectivity index (χ1v) is 10.6. The number of fused-ring (bicyclic) bond motifs is 2. The van der Waals surface area contributed by atoms with Crippen molar-refractivity contribution in [2.24, 2.45) is 11.3 Å². The van der Waals surface area contributed by atoms with Crippen LogP contribution in [0.5, 0.6) is 11.5 Å². The molecular formula is C23H27NO4. The van der Waals surface area contributed by atoms with E-state index in [-0.39, 0.29) is 34.2 Å². The Bertz CT molecular complexity index is 976. The standard InChI is InChI=1S/C23H27NO4/c1-12(25)14-10-20-7-8-23(14,27-4)19-22(20)11-21(18(20)24(21)2)9-13-5-6-15(26-3)17(28-19)16(13)22/h5-6,14,18-19H,7-11H2,1-4H3/t14?,18?,19?,20?,21-,22+,23?,24?/m1/s1. The maximum absolute atomic E-state index is 12.8. The minimum absolute atomic E-state index is 0.0398. The smallest absolute Gasteiger partial charge is 0.165 e. The fourth-order valence-electron chi connectivity index (χ4n) is 9.26. The van der Waals surface area contributed by atoms with Gasteiger partial charge in [-0.15, -0.1) is 0 Å². The van der Waals surface area contributed by atoms with Crippen molar-refractivity contribution in [2.45, 2.75) is 67.7 Å². The second kappa shape index (κ2) is 4.29. The molecule has 2 heterocycles. The van der Waals surface area contributed by atoms with Crippen molar-refractivity contribution in [1.29, 1.82) is 0 Å². The van der Waals surface area contributed by atoms with Gasteiger partial charge in [-0.25, -0.2) is 0 Å². The molecule has 5 heteroatoms. The summed E-state index contributed by atoms with van der Waals surface area (Å²) in [7, 11) is 5.80. The topological polar surface area (TPSA) is 47.8 Å². The number of hydrogen-bond acceptors (Lipinski definition) is 5. The van der Waals surface area contributed by atoms with E-state index in [1.165, 1.54) is 11.1 Å². The molecule has 1 aromatic rings. The van der Waals surface area contributed by atoms with E-state index in [1.807, 2.05) is 0 Å². The molecule has 148 valence electrons. The zero-order valence-electron chi connectivity index (χ0n) is 17.0. The second-order valence-electron chi connectivity index (χ2n) is 10.3. The molecule has 5 fully saturated rings. The van der Waals surface area contributed by atoms with E-state index in [2.05, 4.69) is 24.1 Å². The molecule has 0 aromatic heterocycles. The molecule has 4 bridgehead atoms. The van der Waals surface area contributed by atoms with Crippen molar-refractivity contribution in [3.05, 3.63) is 23.3 Å². The summed E-state index contributed by atoms with van der Waals surface area (Å²) >= 11 is 0. The van der Waals surface area contributed by atoms with Gasteiger partial charge in [0.05, 0.1) is 13.0 Å². The molecule has 8 atom stereocenters. The van der Waals surface area contributed by atoms with Crippen molar-refractivity contribution in [3.63, 3.8) is 0 Å². The van der Waals surface area contributed by atoms with Gasteiger partial charge < -0.3 is 14.2 Å². The van der Waals surface area contributed by atoms with Crippen LogP contribution in [0.25, 0.3) is 0 Å². The van der Waals surface area contributed by atoms with Crippen LogP contribution in [-0.4, -0.2) is 55.2 Å². The summed E-state index contributed by atoms with van der Waals surface area (Å²) in [5.41, 5.74) is 2.59. The van der Waals surface area contributed by atoms with E-state index >= 15 is 0 Å². The van der Waals surface area contributed by atoms with Gasteiger partial charge in [0.25, 0.3) is 0 Å². The number of ketones is 1. The van der Waals surface area contributed by atoms with Crippen LogP contribution in [0.2, 0.25) is 0 Å². The fourth-order valence-corrected chi connectivity index (χ4v) is 9.26. The summed E-state index contributed by atoms with van der Waals surface area (Å²) in [5, 5.41) is 0. The fraction of sp³-hybridized carbons (Fsp3) is 0.696. The average Bonchev–Trinajstić information content (AvgIpc) is 3.00. The molecule has 28 heavy (non-hydrogen) atoms. The Morgan fingerprint density at radius 2 is 2.11 bits per heavy atom. The Labute approximate surface area is 165 Å². The lowest BCUT2D eigenvalue weighted by Gasteiger charge is -2.66. The summed E-state index contributed by atoms with van der Waals surface area (Å²) in [6, 6.07) is 4.88. The number of rotatable bonds is 3. The first kappa shape index (κ1) is 16.2. The van der Waals surface area contributed by atoms with Gasteiger partial charge in [0, 0.05) is 35.1 Å². The Hall–Kier alpha value is -1.59. The molecule has 3 spiro atoms. The van der Waals surface area contributed by atoms with Crippen LogP contribution in [0.15, 0.2) is 12.1 Å². The van der Waals surface area contributed by atoms with E-state index in [9.17, 15) is 4.79 Å². The van der Waals surface area contributed by atoms with Gasteiger partial charge in [-0.05, 0) is 57.7 Å². The number of carbonyl (C=O) groups is 1. The van der Waals surface area contributed by atoms with Crippen LogP contribution in [0.4, 0.5) is 0 Å². The minimum Gasteiger partial charge on any atom is -0.493 e. The zero-order chi connectivity index (χ0) is 19.3. The molecule has 7 aliphatic rings. The number of likely N-dealkylation sites (N-methyl/N-ethyl adjacent to an activating group) is 1. The number of nitrogens with zero attached hydrogens (tertiary/aromatic N) is 1. The quantitative estimate of drug-likeness (QED) is 0.753. The lowest BCUT2D eigenvalue weighted by atomic mass is 9.40. The van der Waals surface area contributed by atoms with Gasteiger partial charge in [-0.3, -0.25) is 9.69 Å². The van der Waals surface area contributed by atoms with Gasteiger partial charge in [0.15, 0.2) is 11.5 Å². The summed E-state index contributed by atoms with van der Waals surface area (Å²) in [4.78, 5) is 15.5. The zero-order valence-corrected chi connectivity index (χ0v) is 17.0. The third-order valence-corrected chi connectivity index (χ3v) is 10.0. The maximum atomic E-state index is 12.8. The number of methoxy groups -OCH3 is 2. The van der Waals surface area contributed by atoms with Crippen molar-refractivity contribution < 1.29 is 19.0 Å². The Morgan fingerprint density at radius 3 is 2.82 bits per heavy atom. The molecule has 6 unspecified atom stereocenters. The molecule has 8 rings (SSSR count). The van der Waals surface area contributed by atoms with Crippen molar-refractivity contribution >= 4 is 5.78 Å². The normalized spacial score (nSPS) is 52.7. The summed E-state index contributed by atoms with van der Waals surface area (Å²) in [6.07, 6.45) is 5.09. The van der Waals surface area contributed by atoms with E-state index in [0.717, 1.165) is 43.6 Å². The third-order valence-electron chi connectivity index (χ3n) is 10.0. The van der Waals surface area contributed by atoms with Crippen molar-refractivity contribution in [3.8, 4) is 11.5 Å². The third kappa shape index (κ3) is 1.23. The van der Waals surface area contributed by atoms with E-state index in [1.54, 1.807) is 21.1 Å². The average molecular weight is 381 g/mol. The molecule has 2 aliphatic heterocycles. The van der Waals surface area contributed by atoms with Crippen LogP contribution in [0.1, 0.15) is 43.7 Å². The summed E-state index contributed by atoms with van der Waals surface area (Å²) < 4.78 is 18.8. The van der Waals surface area contributed by atoms with E-state index < -0.39 is 5.60 Å². The van der Waals surface area contributed by atoms with Crippen LogP contribution < -0.4 is 9.47 Å². The monoisotopic (exact) mass is 381 g/mol. The van der Waals surface area contributed by atoms with Crippen LogP contribution in [-0.2, 0) is 21.4 Å². The molecule has 5 aliphatic carbocycles. The van der Waals surface area contributed by atoms with Crippen LogP contribution >= 0.6 is 0 Å². The summed E-state index contributed by atoms with van der Waals surface area (Å²) in [5.74, 6) is 1.92. The lowest BCUT2D eigenvalue weighted by Crippen LogP contribution is -2.75. The predicted octanol–water partition coefficient (Wildman–Crippen LogP) is 2.48. The minimum atomic E-state index is -0.525. The first-order chi connectivity index (χ1) is 13.4. The Kier molecular flexibility index (Phi) is 2.49. The van der Waals surface area contributed by atoms with E-state index in [4.69, 9.17) is 14.2 Å². The molecule has 1 aromatic carbocycles. The van der Waals surface area contributed by atoms with Crippen molar-refractivity contribution in [1.82, 2.24) is 4.90 Å². The van der Waals surface area contributed by atoms with Gasteiger partial charge in [0.2, 0.25) is 0 Å². The first-order valence-electron chi connectivity index (χ1n) is 10.6. The highest BCUT2D eigenvalue weighted by atomic mass is 16.6. The number of likely N-dealkylation sites (tertiary alicyclic amines) is 1. The second-order valence-corrected chi connectivity index (χ2v) is 10.3.